The summed E-state index contributed by atoms with van der Waals surface area (Å²) in [5.41, 5.74) is 9.55. The molecule has 9 aromatic rings. The molecule has 1 aliphatic rings. The average Bonchev–Trinajstić information content (AvgIpc) is 3.71. The minimum absolute atomic E-state index is 0.390. The maximum atomic E-state index is 5.31. The number of nitrogens with zero attached hydrogens (tertiary/aromatic N) is 5. The van der Waals surface area contributed by atoms with Gasteiger partial charge in [0.1, 0.15) is 11.7 Å². The SMILES string of the molecule is C/C(=C\C=C/Cc1cc(C2=NC(c3ccccc3)N=C(c3ccccc3)N2)c2sc3cc(-c4ccccc4)ccc3c2c1)c1nc(-c2ccccc2)nc(-c2ccccc2)n1. The Morgan fingerprint density at radius 1 is 0.557 bits per heavy atom. The molecule has 2 aromatic heterocycles. The second-order valence-corrected chi connectivity index (χ2v) is 16.0. The summed E-state index contributed by atoms with van der Waals surface area (Å²) in [5, 5.41) is 6.12. The quantitative estimate of drug-likeness (QED) is 0.140. The normalized spacial score (nSPS) is 14.2. The van der Waals surface area contributed by atoms with Gasteiger partial charge < -0.3 is 5.32 Å². The predicted molar refractivity (Wildman–Crippen MR) is 254 cm³/mol. The number of aliphatic imine (C=N–C) groups is 2. The molecule has 0 bridgehead atoms. The zero-order chi connectivity index (χ0) is 41.0. The first-order valence-corrected chi connectivity index (χ1v) is 21.2. The van der Waals surface area contributed by atoms with Gasteiger partial charge in [-0.25, -0.2) is 24.9 Å². The Balaban J connectivity index is 1.04. The number of amidine groups is 2. The number of hydrogen-bond acceptors (Lipinski definition) is 7. The summed E-state index contributed by atoms with van der Waals surface area (Å²) < 4.78 is 2.42. The molecule has 1 unspecified atom stereocenters. The van der Waals surface area contributed by atoms with Crippen molar-refractivity contribution in [1.29, 1.82) is 0 Å². The third kappa shape index (κ3) is 8.07. The summed E-state index contributed by atoms with van der Waals surface area (Å²) in [7, 11) is 0. The largest absolute Gasteiger partial charge is 0.324 e. The van der Waals surface area contributed by atoms with Gasteiger partial charge in [0, 0.05) is 42.4 Å². The van der Waals surface area contributed by atoms with E-state index in [9.17, 15) is 0 Å². The van der Waals surface area contributed by atoms with E-state index in [1.54, 1.807) is 0 Å². The van der Waals surface area contributed by atoms with E-state index in [2.05, 4.69) is 115 Å². The van der Waals surface area contributed by atoms with Crippen molar-refractivity contribution >= 4 is 48.8 Å². The summed E-state index contributed by atoms with van der Waals surface area (Å²) in [6, 6.07) is 62.8. The molecule has 0 aliphatic carbocycles. The van der Waals surface area contributed by atoms with Gasteiger partial charge in [-0.2, -0.15) is 0 Å². The van der Waals surface area contributed by atoms with Gasteiger partial charge in [0.05, 0.1) is 0 Å². The lowest BCUT2D eigenvalue weighted by Gasteiger charge is -2.23. The van der Waals surface area contributed by atoms with Crippen molar-refractivity contribution in [2.45, 2.75) is 19.5 Å². The molecule has 0 spiro atoms. The van der Waals surface area contributed by atoms with E-state index in [0.717, 1.165) is 45.1 Å². The maximum Gasteiger partial charge on any atom is 0.169 e. The second-order valence-electron chi connectivity index (χ2n) is 15.0. The van der Waals surface area contributed by atoms with Crippen molar-refractivity contribution in [2.75, 3.05) is 0 Å². The number of hydrogen-bond donors (Lipinski definition) is 1. The van der Waals surface area contributed by atoms with Crippen LogP contribution < -0.4 is 5.32 Å². The molecule has 0 saturated carbocycles. The summed E-state index contributed by atoms with van der Waals surface area (Å²) >= 11 is 1.82. The Labute approximate surface area is 359 Å². The lowest BCUT2D eigenvalue weighted by molar-refractivity contribution is 0.756. The molecule has 61 heavy (non-hydrogen) atoms. The maximum absolute atomic E-state index is 5.31. The Bertz CT molecular complexity index is 3060. The van der Waals surface area contributed by atoms with Crippen LogP contribution in [0, 0.1) is 0 Å². The van der Waals surface area contributed by atoms with E-state index in [4.69, 9.17) is 24.9 Å². The van der Waals surface area contributed by atoms with E-state index in [1.165, 1.54) is 36.9 Å². The number of thiophene rings is 1. The van der Waals surface area contributed by atoms with Gasteiger partial charge in [0.25, 0.3) is 0 Å². The fourth-order valence-corrected chi connectivity index (χ4v) is 8.86. The van der Waals surface area contributed by atoms with Crippen LogP contribution in [0.3, 0.4) is 0 Å². The summed E-state index contributed by atoms with van der Waals surface area (Å²) in [5.74, 6) is 3.55. The van der Waals surface area contributed by atoms with Crippen molar-refractivity contribution in [3.05, 3.63) is 228 Å². The van der Waals surface area contributed by atoms with E-state index < -0.39 is 6.17 Å². The van der Waals surface area contributed by atoms with Gasteiger partial charge in [-0.1, -0.05) is 182 Å². The highest BCUT2D eigenvalue weighted by Gasteiger charge is 2.23. The van der Waals surface area contributed by atoms with Gasteiger partial charge in [-0.05, 0) is 59.4 Å². The highest BCUT2D eigenvalue weighted by Crippen LogP contribution is 2.40. The molecule has 0 fully saturated rings. The zero-order valence-electron chi connectivity index (χ0n) is 33.5. The van der Waals surface area contributed by atoms with Crippen molar-refractivity contribution in [3.63, 3.8) is 0 Å². The van der Waals surface area contributed by atoms with Gasteiger partial charge in [0.2, 0.25) is 0 Å². The number of benzene rings is 7. The van der Waals surface area contributed by atoms with Gasteiger partial charge in [-0.15, -0.1) is 11.3 Å². The standard InChI is InChI=1S/C54H40N6S/c1-36(49-55-50(39-23-9-3-10-24-39)57-51(56-49)40-25-11-4-12-26-40)19-17-18-20-37-33-45-44-32-31-43(38-21-7-2-8-22-38)35-47(44)61-48(45)46(34-37)54-59-52(41-27-13-5-14-28-41)58-53(60-54)42-29-15-6-16-30-42/h2-19,21-35,52H,20H2,1H3,(H,58,59,60)/b18-17-,36-19+. The summed E-state index contributed by atoms with van der Waals surface area (Å²) in [6.45, 7) is 2.05. The highest BCUT2D eigenvalue weighted by atomic mass is 32.1. The van der Waals surface area contributed by atoms with Crippen LogP contribution >= 0.6 is 11.3 Å². The smallest absolute Gasteiger partial charge is 0.169 e. The van der Waals surface area contributed by atoms with Crippen LogP contribution in [0.2, 0.25) is 0 Å². The van der Waals surface area contributed by atoms with Gasteiger partial charge >= 0.3 is 0 Å². The van der Waals surface area contributed by atoms with Crippen LogP contribution in [0.15, 0.2) is 210 Å². The molecular weight excluding hydrogens is 765 g/mol. The minimum atomic E-state index is -0.390. The van der Waals surface area contributed by atoms with Crippen molar-refractivity contribution in [3.8, 4) is 33.9 Å². The Morgan fingerprint density at radius 2 is 1.13 bits per heavy atom. The molecule has 1 N–H and O–H groups in total. The van der Waals surface area contributed by atoms with E-state index >= 15 is 0 Å². The molecule has 0 saturated heterocycles. The lowest BCUT2D eigenvalue weighted by atomic mass is 9.99. The number of allylic oxidation sites excluding steroid dienone is 4. The molecule has 0 radical (unpaired) electrons. The van der Waals surface area contributed by atoms with Crippen molar-refractivity contribution in [1.82, 2.24) is 20.3 Å². The van der Waals surface area contributed by atoms with E-state index in [1.807, 2.05) is 108 Å². The van der Waals surface area contributed by atoms with E-state index in [0.29, 0.717) is 23.9 Å². The topological polar surface area (TPSA) is 75.4 Å². The Kier molecular flexibility index (Phi) is 10.5. The van der Waals surface area contributed by atoms with Crippen LogP contribution in [-0.4, -0.2) is 26.6 Å². The van der Waals surface area contributed by atoms with Crippen LogP contribution in [-0.2, 0) is 6.42 Å². The fourth-order valence-electron chi connectivity index (χ4n) is 7.62. The number of nitrogens with one attached hydrogen (secondary N) is 1. The van der Waals surface area contributed by atoms with Crippen LogP contribution in [0.4, 0.5) is 0 Å². The molecule has 1 aliphatic heterocycles. The minimum Gasteiger partial charge on any atom is -0.324 e. The summed E-state index contributed by atoms with van der Waals surface area (Å²) in [4.78, 5) is 25.1. The molecular formula is C54H40N6S. The van der Waals surface area contributed by atoms with Crippen molar-refractivity contribution in [2.24, 2.45) is 9.98 Å². The first-order chi connectivity index (χ1) is 30.1. The first kappa shape index (κ1) is 37.6. The Morgan fingerprint density at radius 3 is 1.77 bits per heavy atom. The monoisotopic (exact) mass is 804 g/mol. The number of aromatic nitrogens is 3. The average molecular weight is 805 g/mol. The molecule has 1 atom stereocenters. The highest BCUT2D eigenvalue weighted by molar-refractivity contribution is 7.26. The predicted octanol–water partition coefficient (Wildman–Crippen LogP) is 12.9. The molecule has 6 nitrogen and oxygen atoms in total. The Hall–Kier alpha value is -7.61. The van der Waals surface area contributed by atoms with Crippen LogP contribution in [0.5, 0.6) is 0 Å². The van der Waals surface area contributed by atoms with E-state index in [-0.39, 0.29) is 0 Å². The number of rotatable bonds is 10. The second kappa shape index (κ2) is 16.9. The fraction of sp³-hybridized carbons (Fsp3) is 0.0556. The van der Waals surface area contributed by atoms with Gasteiger partial charge in [0.15, 0.2) is 23.6 Å². The zero-order valence-corrected chi connectivity index (χ0v) is 34.3. The third-order valence-corrected chi connectivity index (χ3v) is 12.0. The lowest BCUT2D eigenvalue weighted by Crippen LogP contribution is -2.36. The molecule has 10 rings (SSSR count). The third-order valence-electron chi connectivity index (χ3n) is 10.8. The molecule has 292 valence electrons. The number of fused-ring (bicyclic) bond motifs is 3. The van der Waals surface area contributed by atoms with Gasteiger partial charge in [-0.3, -0.25) is 0 Å². The summed E-state index contributed by atoms with van der Waals surface area (Å²) in [6.07, 6.45) is 6.71. The van der Waals surface area contributed by atoms with Crippen molar-refractivity contribution < 1.29 is 0 Å². The molecule has 7 aromatic carbocycles. The van der Waals surface area contributed by atoms with Crippen LogP contribution in [0.25, 0.3) is 59.6 Å². The molecule has 3 heterocycles. The van der Waals surface area contributed by atoms with Crippen LogP contribution in [0.1, 0.15) is 41.2 Å². The molecule has 7 heteroatoms. The first-order valence-electron chi connectivity index (χ1n) is 20.4. The molecule has 0 amide bonds.